The number of benzene rings is 2. The van der Waals surface area contributed by atoms with Gasteiger partial charge in [-0.05, 0) is 24.3 Å². The van der Waals surface area contributed by atoms with Gasteiger partial charge >= 0.3 is 6.18 Å². The third-order valence-corrected chi connectivity index (χ3v) is 3.58. The lowest BCUT2D eigenvalue weighted by Gasteiger charge is -2.16. The fourth-order valence-electron chi connectivity index (χ4n) is 2.35. The summed E-state index contributed by atoms with van der Waals surface area (Å²) in [5.74, 6) is 0.343. The maximum absolute atomic E-state index is 12.6. The predicted molar refractivity (Wildman–Crippen MR) is 95.0 cm³/mol. The zero-order valence-electron chi connectivity index (χ0n) is 14.9. The van der Waals surface area contributed by atoms with Gasteiger partial charge in [0, 0.05) is 5.56 Å². The second-order valence-corrected chi connectivity index (χ2v) is 5.38. The summed E-state index contributed by atoms with van der Waals surface area (Å²) in [6, 6.07) is 8.99. The highest BCUT2D eigenvalue weighted by atomic mass is 19.4. The van der Waals surface area contributed by atoms with Crippen LogP contribution in [0.25, 0.3) is 0 Å². The monoisotopic (exact) mass is 384 g/mol. The van der Waals surface area contributed by atoms with Crippen LogP contribution in [-0.2, 0) is 0 Å². The van der Waals surface area contributed by atoms with Crippen LogP contribution in [0.15, 0.2) is 36.4 Å². The molecule has 0 atom stereocenters. The molecule has 0 fully saturated rings. The number of carbonyl (C=O) groups excluding carboxylic acids is 1. The Hall–Kier alpha value is -3.10. The molecule has 0 aliphatic heterocycles. The third kappa shape index (κ3) is 5.19. The zero-order valence-corrected chi connectivity index (χ0v) is 14.9. The molecule has 0 radical (unpaired) electrons. The van der Waals surface area contributed by atoms with Crippen molar-refractivity contribution in [2.45, 2.75) is 6.18 Å². The quantitative estimate of drug-likeness (QED) is 0.757. The van der Waals surface area contributed by atoms with Crippen LogP contribution < -0.4 is 24.8 Å². The van der Waals surface area contributed by atoms with E-state index in [1.807, 2.05) is 0 Å². The number of amides is 1. The van der Waals surface area contributed by atoms with Crippen molar-refractivity contribution in [3.05, 3.63) is 42.0 Å². The molecule has 0 aromatic heterocycles. The molecule has 9 heteroatoms. The van der Waals surface area contributed by atoms with Gasteiger partial charge in [0.1, 0.15) is 6.54 Å². The van der Waals surface area contributed by atoms with Crippen molar-refractivity contribution in [3.63, 3.8) is 0 Å². The van der Waals surface area contributed by atoms with Crippen LogP contribution in [0.2, 0.25) is 0 Å². The van der Waals surface area contributed by atoms with E-state index in [4.69, 9.17) is 14.2 Å². The van der Waals surface area contributed by atoms with Gasteiger partial charge in [-0.25, -0.2) is 0 Å². The van der Waals surface area contributed by atoms with Crippen LogP contribution in [0.1, 0.15) is 10.4 Å². The summed E-state index contributed by atoms with van der Waals surface area (Å²) in [4.78, 5) is 12.6. The van der Waals surface area contributed by atoms with Crippen LogP contribution in [0.5, 0.6) is 17.2 Å². The summed E-state index contributed by atoms with van der Waals surface area (Å²) in [6.45, 7) is -1.22. The molecule has 0 bridgehead atoms. The lowest BCUT2D eigenvalue weighted by Crippen LogP contribution is -2.22. The van der Waals surface area contributed by atoms with Gasteiger partial charge in [-0.15, -0.1) is 0 Å². The van der Waals surface area contributed by atoms with Crippen LogP contribution >= 0.6 is 0 Å². The number of para-hydroxylation sites is 2. The van der Waals surface area contributed by atoms with E-state index in [0.717, 1.165) is 0 Å². The van der Waals surface area contributed by atoms with Gasteiger partial charge in [0.25, 0.3) is 5.91 Å². The largest absolute Gasteiger partial charge is 0.493 e. The summed E-state index contributed by atoms with van der Waals surface area (Å²) >= 11 is 0. The Morgan fingerprint density at radius 1 is 0.963 bits per heavy atom. The van der Waals surface area contributed by atoms with E-state index < -0.39 is 18.6 Å². The number of nitrogens with one attached hydrogen (secondary N) is 2. The molecule has 146 valence electrons. The second kappa shape index (κ2) is 8.52. The first-order valence-electron chi connectivity index (χ1n) is 7.80. The van der Waals surface area contributed by atoms with Crippen molar-refractivity contribution >= 4 is 17.3 Å². The minimum absolute atomic E-state index is 0.149. The first-order chi connectivity index (χ1) is 12.8. The zero-order chi connectivity index (χ0) is 20.0. The summed E-state index contributed by atoms with van der Waals surface area (Å²) in [5.41, 5.74) is 0.547. The SMILES string of the molecule is COc1cc(C(=O)Nc2ccccc2NCC(F)(F)F)cc(OC)c1OC. The first kappa shape index (κ1) is 20.2. The Bertz CT molecular complexity index is 784. The van der Waals surface area contributed by atoms with Crippen molar-refractivity contribution in [2.24, 2.45) is 0 Å². The average Bonchev–Trinajstić information content (AvgIpc) is 2.65. The number of hydrogen-bond donors (Lipinski definition) is 2. The molecular weight excluding hydrogens is 365 g/mol. The first-order valence-corrected chi connectivity index (χ1v) is 7.80. The number of alkyl halides is 3. The van der Waals surface area contributed by atoms with Crippen LogP contribution in [0.4, 0.5) is 24.5 Å². The van der Waals surface area contributed by atoms with Crippen molar-refractivity contribution in [3.8, 4) is 17.2 Å². The fraction of sp³-hybridized carbons (Fsp3) is 0.278. The van der Waals surface area contributed by atoms with E-state index in [-0.39, 0.29) is 28.4 Å². The Kier molecular flexibility index (Phi) is 6.38. The Morgan fingerprint density at radius 3 is 2.00 bits per heavy atom. The third-order valence-electron chi connectivity index (χ3n) is 3.58. The van der Waals surface area contributed by atoms with E-state index in [2.05, 4.69) is 10.6 Å². The molecule has 0 saturated heterocycles. The van der Waals surface area contributed by atoms with E-state index in [1.54, 1.807) is 12.1 Å². The van der Waals surface area contributed by atoms with E-state index >= 15 is 0 Å². The van der Waals surface area contributed by atoms with Crippen LogP contribution in [-0.4, -0.2) is 40.0 Å². The maximum Gasteiger partial charge on any atom is 0.405 e. The van der Waals surface area contributed by atoms with Gasteiger partial charge in [-0.2, -0.15) is 13.2 Å². The van der Waals surface area contributed by atoms with Gasteiger partial charge in [0.15, 0.2) is 11.5 Å². The number of anilines is 2. The predicted octanol–water partition coefficient (Wildman–Crippen LogP) is 3.94. The molecule has 0 unspecified atom stereocenters. The van der Waals surface area contributed by atoms with Gasteiger partial charge in [-0.3, -0.25) is 4.79 Å². The normalized spacial score (nSPS) is 10.9. The topological polar surface area (TPSA) is 68.8 Å². The molecule has 0 saturated carbocycles. The van der Waals surface area contributed by atoms with Crippen molar-refractivity contribution < 1.29 is 32.2 Å². The summed E-state index contributed by atoms with van der Waals surface area (Å²) in [6.07, 6.45) is -4.38. The smallest absolute Gasteiger partial charge is 0.405 e. The van der Waals surface area contributed by atoms with Gasteiger partial charge in [-0.1, -0.05) is 12.1 Å². The lowest BCUT2D eigenvalue weighted by atomic mass is 10.1. The highest BCUT2D eigenvalue weighted by Gasteiger charge is 2.27. The Morgan fingerprint density at radius 2 is 1.52 bits per heavy atom. The summed E-state index contributed by atoms with van der Waals surface area (Å²) < 4.78 is 52.9. The molecule has 2 rings (SSSR count). The Labute approximate surface area is 154 Å². The molecule has 27 heavy (non-hydrogen) atoms. The minimum atomic E-state index is -4.38. The van der Waals surface area contributed by atoms with Crippen molar-refractivity contribution in [1.29, 1.82) is 0 Å². The van der Waals surface area contributed by atoms with E-state index in [0.29, 0.717) is 5.75 Å². The molecule has 2 N–H and O–H groups in total. The number of halogens is 3. The van der Waals surface area contributed by atoms with Crippen LogP contribution in [0.3, 0.4) is 0 Å². The molecule has 0 aliphatic rings. The van der Waals surface area contributed by atoms with Crippen molar-refractivity contribution in [2.75, 3.05) is 38.5 Å². The van der Waals surface area contributed by atoms with Crippen LogP contribution in [0, 0.1) is 0 Å². The fourth-order valence-corrected chi connectivity index (χ4v) is 2.35. The number of carbonyl (C=O) groups is 1. The van der Waals surface area contributed by atoms with Crippen molar-refractivity contribution in [1.82, 2.24) is 0 Å². The molecule has 2 aromatic rings. The summed E-state index contributed by atoms with van der Waals surface area (Å²) in [7, 11) is 4.26. The molecule has 0 spiro atoms. The highest BCUT2D eigenvalue weighted by molar-refractivity contribution is 6.06. The minimum Gasteiger partial charge on any atom is -0.493 e. The second-order valence-electron chi connectivity index (χ2n) is 5.38. The number of methoxy groups -OCH3 is 3. The maximum atomic E-state index is 12.6. The van der Waals surface area contributed by atoms with Gasteiger partial charge in [0.2, 0.25) is 5.75 Å². The van der Waals surface area contributed by atoms with E-state index in [1.165, 1.54) is 45.6 Å². The van der Waals surface area contributed by atoms with Gasteiger partial charge < -0.3 is 24.8 Å². The molecule has 1 amide bonds. The Balaban J connectivity index is 2.28. The highest BCUT2D eigenvalue weighted by Crippen LogP contribution is 2.38. The number of ether oxygens (including phenoxy) is 3. The van der Waals surface area contributed by atoms with Gasteiger partial charge in [0.05, 0.1) is 32.7 Å². The molecule has 0 heterocycles. The van der Waals surface area contributed by atoms with E-state index in [9.17, 15) is 18.0 Å². The summed E-state index contributed by atoms with van der Waals surface area (Å²) in [5, 5.41) is 4.85. The molecule has 2 aromatic carbocycles. The number of rotatable bonds is 7. The molecule has 0 aliphatic carbocycles. The number of hydrogen-bond acceptors (Lipinski definition) is 5. The molecular formula is C18H19F3N2O4. The molecule has 6 nitrogen and oxygen atoms in total. The lowest BCUT2D eigenvalue weighted by molar-refractivity contribution is -0.115. The standard InChI is InChI=1S/C18H19F3N2O4/c1-25-14-8-11(9-15(26-2)16(14)27-3)17(24)23-13-7-5-4-6-12(13)22-10-18(19,20)21/h4-9,22H,10H2,1-3H3,(H,23,24). The average molecular weight is 384 g/mol.